The summed E-state index contributed by atoms with van der Waals surface area (Å²) >= 11 is 3.35. The molecule has 1 heterocycles. The molecule has 0 aromatic heterocycles. The Balaban J connectivity index is 2.70. The Morgan fingerprint density at radius 2 is 1.74 bits per heavy atom. The fourth-order valence-electron chi connectivity index (χ4n) is 1.91. The van der Waals surface area contributed by atoms with Crippen molar-refractivity contribution in [2.45, 2.75) is 24.6 Å². The van der Waals surface area contributed by atoms with E-state index in [2.05, 4.69) is 29.8 Å². The zero-order valence-electron chi connectivity index (χ0n) is 13.3. The monoisotopic (exact) mass is 496 g/mol. The Bertz CT molecular complexity index is 703. The Morgan fingerprint density at radius 1 is 1.15 bits per heavy atom. The maximum atomic E-state index is 12.0. The molecular weight excluding hydrogens is 481 g/mol. The van der Waals surface area contributed by atoms with Gasteiger partial charge in [0.1, 0.15) is 14.0 Å². The molecule has 0 bridgehead atoms. The number of phosphoric acid groups is 3. The van der Waals surface area contributed by atoms with E-state index in [0.717, 1.165) is 0 Å². The van der Waals surface area contributed by atoms with Crippen LogP contribution in [0.1, 0.15) is 6.42 Å². The molecule has 0 radical (unpaired) electrons. The van der Waals surface area contributed by atoms with E-state index in [4.69, 9.17) is 23.9 Å². The first-order chi connectivity index (χ1) is 12.0. The molecular formula is C5H15B2FO14P4S. The second-order valence-electron chi connectivity index (χ2n) is 4.96. The number of rotatable bonds is 11. The molecule has 22 heteroatoms. The van der Waals surface area contributed by atoms with Crippen molar-refractivity contribution in [2.24, 2.45) is 0 Å². The normalized spacial score (nSPS) is 30.2. The lowest BCUT2D eigenvalue weighted by Crippen LogP contribution is -2.28. The lowest BCUT2D eigenvalue weighted by molar-refractivity contribution is 0.00185. The Kier molecular flexibility index (Phi) is 9.45. The van der Waals surface area contributed by atoms with Crippen LogP contribution in [0.5, 0.6) is 0 Å². The van der Waals surface area contributed by atoms with Crippen LogP contribution < -0.4 is 0 Å². The molecule has 4 N–H and O–H groups in total. The molecule has 0 spiro atoms. The maximum Gasteiger partial charge on any atom is 0.490 e. The predicted molar refractivity (Wildman–Crippen MR) is 92.4 cm³/mol. The van der Waals surface area contributed by atoms with Crippen LogP contribution in [0.2, 0.25) is 0 Å². The largest absolute Gasteiger partial charge is 0.490 e. The molecule has 6 atom stereocenters. The number of ether oxygens (including phenoxy) is 1. The third-order valence-electron chi connectivity index (χ3n) is 2.68. The van der Waals surface area contributed by atoms with Crippen molar-refractivity contribution in [1.82, 2.24) is 0 Å². The van der Waals surface area contributed by atoms with Crippen molar-refractivity contribution in [1.29, 1.82) is 0 Å². The maximum absolute atomic E-state index is 12.0. The fourth-order valence-corrected chi connectivity index (χ4v) is 6.72. The van der Waals surface area contributed by atoms with Gasteiger partial charge in [-0.25, -0.2) is 18.3 Å². The summed E-state index contributed by atoms with van der Waals surface area (Å²) in [6.45, 7) is -5.43. The zero-order chi connectivity index (χ0) is 21.1. The van der Waals surface area contributed by atoms with Gasteiger partial charge in [-0.15, -0.1) is 0 Å². The summed E-state index contributed by atoms with van der Waals surface area (Å²) in [5.74, 6) is 0. The highest BCUT2D eigenvalue weighted by Gasteiger charge is 2.43. The minimum Gasteiger partial charge on any atom is -0.379 e. The van der Waals surface area contributed by atoms with Crippen molar-refractivity contribution in [3.63, 3.8) is 0 Å². The van der Waals surface area contributed by atoms with Crippen molar-refractivity contribution in [3.05, 3.63) is 0 Å². The fraction of sp³-hybridized carbons (Fsp3) is 1.00. The smallest absolute Gasteiger partial charge is 0.379 e. The molecule has 1 aliphatic heterocycles. The van der Waals surface area contributed by atoms with Gasteiger partial charge in [0.25, 0.3) is 0 Å². The Morgan fingerprint density at radius 3 is 2.26 bits per heavy atom. The number of halogens is 1. The third kappa shape index (κ3) is 10.5. The van der Waals surface area contributed by atoms with Crippen LogP contribution in [0.25, 0.3) is 0 Å². The van der Waals surface area contributed by atoms with Crippen LogP contribution in [-0.4, -0.2) is 60.0 Å². The predicted octanol–water partition coefficient (Wildman–Crippen LogP) is -0.247. The minimum absolute atomic E-state index is 0.0335. The van der Waals surface area contributed by atoms with Crippen LogP contribution in [0.4, 0.5) is 4.32 Å². The van der Waals surface area contributed by atoms with E-state index in [0.29, 0.717) is 0 Å². The second-order valence-corrected chi connectivity index (χ2v) is 12.3. The van der Waals surface area contributed by atoms with Crippen LogP contribution in [-0.2, 0) is 45.1 Å². The Hall–Kier alpha value is 0.930. The molecule has 1 aliphatic rings. The third-order valence-corrected chi connectivity index (χ3v) is 8.45. The second kappa shape index (κ2) is 9.82. The van der Waals surface area contributed by atoms with Gasteiger partial charge in [0.2, 0.25) is 0 Å². The first-order valence-electron chi connectivity index (χ1n) is 6.70. The lowest BCUT2D eigenvalue weighted by Gasteiger charge is -2.22. The summed E-state index contributed by atoms with van der Waals surface area (Å²) in [6, 6.07) is -0.531. The van der Waals surface area contributed by atoms with Gasteiger partial charge in [-0.3, -0.25) is 13.4 Å². The summed E-state index contributed by atoms with van der Waals surface area (Å²) in [6.07, 6.45) is -2.32. The van der Waals surface area contributed by atoms with Crippen molar-refractivity contribution in [2.75, 3.05) is 6.61 Å². The van der Waals surface area contributed by atoms with E-state index in [1.54, 1.807) is 7.85 Å². The van der Waals surface area contributed by atoms with Crippen LogP contribution in [0.3, 0.4) is 0 Å². The first kappa shape index (κ1) is 26.0. The average Bonchev–Trinajstić information content (AvgIpc) is 2.71. The number of hydrogen-bond acceptors (Lipinski definition) is 10. The molecule has 1 rings (SSSR count). The van der Waals surface area contributed by atoms with Gasteiger partial charge in [0, 0.05) is 6.00 Å². The topological polar surface area (TPSA) is 205 Å². The molecule has 0 aliphatic carbocycles. The van der Waals surface area contributed by atoms with Crippen molar-refractivity contribution >= 4 is 58.1 Å². The molecule has 3 unspecified atom stereocenters. The molecule has 158 valence electrons. The SMILES string of the molecule is B[C@H]1C[C@H](OP(=O)(O)OBF)[C@@H](COP(=O)(S)OP(=O)(O)OP(=O)(O)O)O1. The number of thiol groups is 1. The van der Waals surface area contributed by atoms with E-state index in [9.17, 15) is 27.5 Å². The summed E-state index contributed by atoms with van der Waals surface area (Å²) in [5.41, 5.74) is 0. The summed E-state index contributed by atoms with van der Waals surface area (Å²) in [7, 11) is -15.8. The highest BCUT2D eigenvalue weighted by molar-refractivity contribution is 8.45. The highest BCUT2D eigenvalue weighted by Crippen LogP contribution is 2.69. The van der Waals surface area contributed by atoms with Gasteiger partial charge < -0.3 is 28.8 Å². The molecule has 1 saturated heterocycles. The van der Waals surface area contributed by atoms with E-state index >= 15 is 0 Å². The van der Waals surface area contributed by atoms with Gasteiger partial charge in [-0.2, -0.15) is 8.62 Å². The first-order valence-corrected chi connectivity index (χ1v) is 13.9. The summed E-state index contributed by atoms with van der Waals surface area (Å²) in [4.78, 5) is 35.3. The van der Waals surface area contributed by atoms with E-state index in [1.807, 2.05) is 0 Å². The molecule has 0 amide bonds. The minimum atomic E-state index is -5.51. The van der Waals surface area contributed by atoms with Gasteiger partial charge in [0.05, 0.1) is 12.7 Å². The van der Waals surface area contributed by atoms with Gasteiger partial charge >= 0.3 is 38.0 Å². The van der Waals surface area contributed by atoms with Crippen LogP contribution in [0, 0.1) is 0 Å². The average molecular weight is 496 g/mol. The van der Waals surface area contributed by atoms with Crippen LogP contribution >= 0.6 is 42.5 Å². The standard InChI is InChI=1S/C5H15B2FO14P4S/c6-5-1-3(19-24(12,13)20-7-8)4(18-5)2-17-26(16,27)22-25(14,15)21-23(9,10)11/h3-5,7H,1-2,6H2,(H,12,13)(H,14,15)(H,16,27)(H2,9,10,11)/t3-,4+,5+,26?/m0/s1. The van der Waals surface area contributed by atoms with Crippen molar-refractivity contribution in [3.8, 4) is 0 Å². The number of phosphoric ester groups is 1. The molecule has 0 saturated carbocycles. The number of hydrogen-bond donors (Lipinski definition) is 5. The van der Waals surface area contributed by atoms with E-state index in [-0.39, 0.29) is 6.42 Å². The summed E-state index contributed by atoms with van der Waals surface area (Å²) in [5, 5.41) is 0. The highest BCUT2D eigenvalue weighted by atomic mass is 32.7. The zero-order valence-corrected chi connectivity index (χ0v) is 17.8. The van der Waals surface area contributed by atoms with Gasteiger partial charge in [-0.1, -0.05) is 12.2 Å². The lowest BCUT2D eigenvalue weighted by atomic mass is 9.96. The molecule has 27 heavy (non-hydrogen) atoms. The molecule has 14 nitrogen and oxygen atoms in total. The van der Waals surface area contributed by atoms with Crippen molar-refractivity contribution < 1.29 is 69.0 Å². The quantitative estimate of drug-likeness (QED) is 0.142. The Labute approximate surface area is 158 Å². The summed E-state index contributed by atoms with van der Waals surface area (Å²) < 4.78 is 83.3. The molecule has 1 fully saturated rings. The molecule has 0 aromatic rings. The van der Waals surface area contributed by atoms with Gasteiger partial charge in [0.15, 0.2) is 0 Å². The van der Waals surface area contributed by atoms with Crippen LogP contribution in [0.15, 0.2) is 0 Å². The van der Waals surface area contributed by atoms with E-state index in [1.165, 1.54) is 0 Å². The molecule has 0 aromatic carbocycles. The van der Waals surface area contributed by atoms with Gasteiger partial charge in [-0.05, 0) is 6.42 Å². The van der Waals surface area contributed by atoms with E-state index < -0.39 is 62.8 Å².